The molecule has 1 aromatic heterocycles. The Balaban J connectivity index is 1.67. The first-order chi connectivity index (χ1) is 15.5. The van der Waals surface area contributed by atoms with E-state index in [4.69, 9.17) is 9.47 Å². The van der Waals surface area contributed by atoms with Crippen molar-refractivity contribution in [3.05, 3.63) is 58.3 Å². The van der Waals surface area contributed by atoms with Gasteiger partial charge in [-0.05, 0) is 36.9 Å². The molecule has 1 aromatic carbocycles. The van der Waals surface area contributed by atoms with E-state index in [0.29, 0.717) is 25.3 Å². The van der Waals surface area contributed by atoms with E-state index in [2.05, 4.69) is 10.6 Å². The lowest BCUT2D eigenvalue weighted by atomic mass is 9.95. The molecule has 2 N–H and O–H groups in total. The fourth-order valence-corrected chi connectivity index (χ4v) is 5.66. The number of esters is 2. The highest BCUT2D eigenvalue weighted by atomic mass is 32.2. The van der Waals surface area contributed by atoms with Crippen molar-refractivity contribution in [2.75, 3.05) is 18.9 Å². The molecule has 0 bridgehead atoms. The Labute approximate surface area is 196 Å². The molecule has 1 unspecified atom stereocenters. The van der Waals surface area contributed by atoms with Gasteiger partial charge in [0.2, 0.25) is 12.0 Å². The molecule has 0 amide bonds. The molecular weight excluding hydrogens is 448 g/mol. The molecule has 1 saturated heterocycles. The number of nitrogens with one attached hydrogen (secondary N) is 2. The van der Waals surface area contributed by atoms with Gasteiger partial charge >= 0.3 is 11.9 Å². The summed E-state index contributed by atoms with van der Waals surface area (Å²) in [4.78, 5) is 38.2. The number of hydrogen-bond acceptors (Lipinski definition) is 9. The first-order valence-electron chi connectivity index (χ1n) is 10.6. The van der Waals surface area contributed by atoms with E-state index in [0.717, 1.165) is 10.4 Å². The maximum atomic E-state index is 13.1. The van der Waals surface area contributed by atoms with E-state index in [1.165, 1.54) is 6.92 Å². The zero-order valence-electron chi connectivity index (χ0n) is 18.1. The quantitative estimate of drug-likeness (QED) is 0.533. The Kier molecular flexibility index (Phi) is 9.28. The van der Waals surface area contributed by atoms with Gasteiger partial charge in [-0.2, -0.15) is 0 Å². The smallest absolute Gasteiger partial charge is 0.313 e. The molecular formula is C23H28N2O5S2. The molecule has 0 aliphatic carbocycles. The molecule has 1 fully saturated rings. The van der Waals surface area contributed by atoms with Crippen LogP contribution < -0.4 is 10.6 Å². The average Bonchev–Trinajstić information content (AvgIpc) is 3.27. The maximum absolute atomic E-state index is 13.1. The number of carbonyl (C=O) groups excluding carboxylic acids is 3. The number of ether oxygens (including phenoxy) is 2. The van der Waals surface area contributed by atoms with Crippen LogP contribution in [0.5, 0.6) is 0 Å². The number of Topliss-reactive ketones (excluding diaryl/α,β-unsaturated/α-hetero) is 1. The van der Waals surface area contributed by atoms with Crippen molar-refractivity contribution in [3.63, 3.8) is 0 Å². The predicted molar refractivity (Wildman–Crippen MR) is 125 cm³/mol. The standard InChI is InChI=1S/C23H28N2O5S2/c1-3-29-23(28)17(16-8-5-4-6-9-16)11-12-24-18-14-32-22(19-10-7-13-31-19)25-21(20(18)27)30-15(2)26/h4-10,13,17-18,21-22,24-25H,3,11-12,14H2,1-2H3/t17-,18-,21?,22-/m0/s1. The van der Waals surface area contributed by atoms with Crippen molar-refractivity contribution in [1.82, 2.24) is 10.6 Å². The Morgan fingerprint density at radius 3 is 2.66 bits per heavy atom. The fraction of sp³-hybridized carbons (Fsp3) is 0.435. The molecule has 4 atom stereocenters. The van der Waals surface area contributed by atoms with Crippen LogP contribution in [0.1, 0.15) is 42.0 Å². The van der Waals surface area contributed by atoms with Gasteiger partial charge in [0.05, 0.1) is 23.9 Å². The molecule has 3 rings (SSSR count). The van der Waals surface area contributed by atoms with Crippen molar-refractivity contribution < 1.29 is 23.9 Å². The van der Waals surface area contributed by atoms with Gasteiger partial charge in [-0.25, -0.2) is 0 Å². The van der Waals surface area contributed by atoms with Gasteiger partial charge in [0.25, 0.3) is 0 Å². The molecule has 1 aliphatic rings. The lowest BCUT2D eigenvalue weighted by Gasteiger charge is -2.22. The van der Waals surface area contributed by atoms with Gasteiger partial charge in [-0.1, -0.05) is 36.4 Å². The van der Waals surface area contributed by atoms with Crippen molar-refractivity contribution in [2.24, 2.45) is 0 Å². The number of ketones is 1. The number of thioether (sulfide) groups is 1. The molecule has 0 saturated carbocycles. The van der Waals surface area contributed by atoms with Gasteiger partial charge in [0.1, 0.15) is 0 Å². The summed E-state index contributed by atoms with van der Waals surface area (Å²) < 4.78 is 10.5. The summed E-state index contributed by atoms with van der Waals surface area (Å²) in [5, 5.41) is 8.25. The van der Waals surface area contributed by atoms with E-state index < -0.39 is 24.2 Å². The number of thiophene rings is 1. The molecule has 32 heavy (non-hydrogen) atoms. The third-order valence-electron chi connectivity index (χ3n) is 5.02. The van der Waals surface area contributed by atoms with E-state index in [-0.39, 0.29) is 17.1 Å². The highest BCUT2D eigenvalue weighted by molar-refractivity contribution is 7.99. The van der Waals surface area contributed by atoms with Gasteiger partial charge in [-0.3, -0.25) is 19.7 Å². The third-order valence-corrected chi connectivity index (χ3v) is 7.35. The minimum absolute atomic E-state index is 0.147. The predicted octanol–water partition coefficient (Wildman–Crippen LogP) is 3.24. The van der Waals surface area contributed by atoms with E-state index >= 15 is 0 Å². The van der Waals surface area contributed by atoms with Gasteiger partial charge in [0.15, 0.2) is 0 Å². The molecule has 2 heterocycles. The Morgan fingerprint density at radius 1 is 1.22 bits per heavy atom. The normalized spacial score (nSPS) is 22.1. The summed E-state index contributed by atoms with van der Waals surface area (Å²) in [6.07, 6.45) is -0.542. The summed E-state index contributed by atoms with van der Waals surface area (Å²) in [7, 11) is 0. The third kappa shape index (κ3) is 6.65. The number of rotatable bonds is 9. The lowest BCUT2D eigenvalue weighted by molar-refractivity contribution is -0.155. The second-order valence-corrected chi connectivity index (χ2v) is 9.42. The van der Waals surface area contributed by atoms with Gasteiger partial charge < -0.3 is 14.8 Å². The summed E-state index contributed by atoms with van der Waals surface area (Å²) >= 11 is 3.17. The first kappa shape index (κ1) is 24.4. The zero-order valence-corrected chi connectivity index (χ0v) is 19.7. The average molecular weight is 477 g/mol. The van der Waals surface area contributed by atoms with E-state index in [1.807, 2.05) is 47.8 Å². The molecule has 172 valence electrons. The second kappa shape index (κ2) is 12.2. The number of benzene rings is 1. The SMILES string of the molecule is CCOC(=O)[C@@H](CCN[C@H]1CS[C@@H](c2cccs2)NC(OC(C)=O)C1=O)c1ccccc1. The number of carbonyl (C=O) groups is 3. The van der Waals surface area contributed by atoms with E-state index in [9.17, 15) is 14.4 Å². The van der Waals surface area contributed by atoms with Crippen LogP contribution in [-0.4, -0.2) is 48.9 Å². The molecule has 2 aromatic rings. The monoisotopic (exact) mass is 476 g/mol. The van der Waals surface area contributed by atoms with Crippen LogP contribution in [0.15, 0.2) is 47.8 Å². The maximum Gasteiger partial charge on any atom is 0.313 e. The van der Waals surface area contributed by atoms with Gasteiger partial charge in [-0.15, -0.1) is 23.1 Å². The highest BCUT2D eigenvalue weighted by Crippen LogP contribution is 2.33. The summed E-state index contributed by atoms with van der Waals surface area (Å²) in [5.74, 6) is -0.920. The molecule has 0 spiro atoms. The number of hydrogen-bond donors (Lipinski definition) is 2. The summed E-state index contributed by atoms with van der Waals surface area (Å²) in [6, 6.07) is 12.9. The second-order valence-electron chi connectivity index (χ2n) is 7.30. The fourth-order valence-electron chi connectivity index (χ4n) is 3.50. The van der Waals surface area contributed by atoms with Crippen molar-refractivity contribution in [3.8, 4) is 0 Å². The lowest BCUT2D eigenvalue weighted by Crippen LogP contribution is -2.49. The van der Waals surface area contributed by atoms with Crippen LogP contribution in [0.2, 0.25) is 0 Å². The van der Waals surface area contributed by atoms with Crippen LogP contribution in [0, 0.1) is 0 Å². The highest BCUT2D eigenvalue weighted by Gasteiger charge is 2.36. The zero-order chi connectivity index (χ0) is 22.9. The Hall–Kier alpha value is -2.20. The molecule has 7 nitrogen and oxygen atoms in total. The molecule has 0 radical (unpaired) electrons. The summed E-state index contributed by atoms with van der Waals surface area (Å²) in [5.41, 5.74) is 0.881. The van der Waals surface area contributed by atoms with Gasteiger partial charge in [0, 0.05) is 17.6 Å². The minimum Gasteiger partial charge on any atom is -0.466 e. The summed E-state index contributed by atoms with van der Waals surface area (Å²) in [6.45, 7) is 3.82. The van der Waals surface area contributed by atoms with Crippen molar-refractivity contribution in [1.29, 1.82) is 0 Å². The molecule has 9 heteroatoms. The van der Waals surface area contributed by atoms with Crippen LogP contribution in [0.3, 0.4) is 0 Å². The van der Waals surface area contributed by atoms with Crippen LogP contribution in [0.25, 0.3) is 0 Å². The topological polar surface area (TPSA) is 93.7 Å². The van der Waals surface area contributed by atoms with E-state index in [1.54, 1.807) is 30.0 Å². The Morgan fingerprint density at radius 2 is 2.00 bits per heavy atom. The van der Waals surface area contributed by atoms with Crippen LogP contribution in [-0.2, 0) is 23.9 Å². The first-order valence-corrected chi connectivity index (χ1v) is 12.5. The largest absolute Gasteiger partial charge is 0.466 e. The Bertz CT molecular complexity index is 891. The minimum atomic E-state index is -1.03. The van der Waals surface area contributed by atoms with Crippen LogP contribution in [0.4, 0.5) is 0 Å². The van der Waals surface area contributed by atoms with Crippen molar-refractivity contribution >= 4 is 40.8 Å². The van der Waals surface area contributed by atoms with Crippen LogP contribution >= 0.6 is 23.1 Å². The molecule has 1 aliphatic heterocycles. The van der Waals surface area contributed by atoms with Crippen molar-refractivity contribution in [2.45, 2.75) is 43.8 Å².